The van der Waals surface area contributed by atoms with Crippen molar-refractivity contribution in [1.29, 1.82) is 0 Å². The van der Waals surface area contributed by atoms with E-state index >= 15 is 0 Å². The number of nitrogens with zero attached hydrogens (tertiary/aromatic N) is 2. The normalized spacial score (nSPS) is 10.3. The molecule has 78 valence electrons. The number of halogens is 2. The lowest BCUT2D eigenvalue weighted by Crippen LogP contribution is -1.94. The quantitative estimate of drug-likeness (QED) is 0.847. The Bertz CT molecular complexity index is 484. The van der Waals surface area contributed by atoms with Gasteiger partial charge in [0.2, 0.25) is 0 Å². The van der Waals surface area contributed by atoms with Gasteiger partial charge >= 0.3 is 0 Å². The van der Waals surface area contributed by atoms with E-state index in [2.05, 4.69) is 21.0 Å². The van der Waals surface area contributed by atoms with Crippen LogP contribution in [0.2, 0.25) is 5.02 Å². The predicted octanol–water partition coefficient (Wildman–Crippen LogP) is 3.30. The molecule has 5 heteroatoms. The van der Waals surface area contributed by atoms with Gasteiger partial charge in [0.15, 0.2) is 0 Å². The van der Waals surface area contributed by atoms with Crippen LogP contribution in [0.25, 0.3) is 5.69 Å². The molecule has 0 N–H and O–H groups in total. The number of hydrogen-bond acceptors (Lipinski definition) is 2. The molecule has 0 radical (unpaired) electrons. The molecule has 0 saturated heterocycles. The third-order valence-corrected chi connectivity index (χ3v) is 2.66. The van der Waals surface area contributed by atoms with Crippen molar-refractivity contribution in [3.8, 4) is 11.4 Å². The fourth-order valence-electron chi connectivity index (χ4n) is 1.24. The molecule has 0 fully saturated rings. The molecule has 1 aromatic carbocycles. The second kappa shape index (κ2) is 4.24. The van der Waals surface area contributed by atoms with E-state index in [9.17, 15) is 0 Å². The number of benzene rings is 1. The summed E-state index contributed by atoms with van der Waals surface area (Å²) in [6, 6.07) is 5.51. The minimum absolute atomic E-state index is 0.571. The van der Waals surface area contributed by atoms with Crippen LogP contribution in [0.4, 0.5) is 0 Å². The predicted molar refractivity (Wildman–Crippen MR) is 62.8 cm³/mol. The lowest BCUT2D eigenvalue weighted by Gasteiger charge is -2.05. The van der Waals surface area contributed by atoms with E-state index in [1.165, 1.54) is 0 Å². The molecule has 2 aromatic rings. The highest BCUT2D eigenvalue weighted by Crippen LogP contribution is 2.26. The molecule has 0 saturated carbocycles. The summed E-state index contributed by atoms with van der Waals surface area (Å²) in [7, 11) is 1.59. The first-order chi connectivity index (χ1) is 7.20. The van der Waals surface area contributed by atoms with Crippen LogP contribution >= 0.6 is 27.5 Å². The van der Waals surface area contributed by atoms with Crippen molar-refractivity contribution < 1.29 is 4.74 Å². The molecule has 0 spiro atoms. The van der Waals surface area contributed by atoms with Gasteiger partial charge in [0.05, 0.1) is 28.5 Å². The summed E-state index contributed by atoms with van der Waals surface area (Å²) in [5.74, 6) is 0.659. The van der Waals surface area contributed by atoms with Crippen LogP contribution in [0.1, 0.15) is 0 Å². The molecule has 0 bridgehead atoms. The van der Waals surface area contributed by atoms with Crippen LogP contribution in [0, 0.1) is 0 Å². The first-order valence-electron chi connectivity index (χ1n) is 4.25. The van der Waals surface area contributed by atoms with Crippen LogP contribution in [0.15, 0.2) is 35.1 Å². The molecule has 2 rings (SSSR count). The Balaban J connectivity index is 2.42. The molecular formula is C10H8BrClN2O. The summed E-state index contributed by atoms with van der Waals surface area (Å²) in [4.78, 5) is 0. The average Bonchev–Trinajstić information content (AvgIpc) is 2.65. The SMILES string of the molecule is COc1ccc(-n2cc(Br)cn2)cc1Cl. The highest BCUT2D eigenvalue weighted by Gasteiger charge is 2.04. The maximum atomic E-state index is 6.01. The highest BCUT2D eigenvalue weighted by molar-refractivity contribution is 9.10. The van der Waals surface area contributed by atoms with E-state index in [-0.39, 0.29) is 0 Å². The van der Waals surface area contributed by atoms with Gasteiger partial charge in [-0.15, -0.1) is 0 Å². The zero-order valence-electron chi connectivity index (χ0n) is 7.95. The first kappa shape index (κ1) is 10.5. The Morgan fingerprint density at radius 1 is 1.47 bits per heavy atom. The fourth-order valence-corrected chi connectivity index (χ4v) is 1.78. The Kier molecular flexibility index (Phi) is 2.98. The van der Waals surface area contributed by atoms with Crippen LogP contribution in [-0.2, 0) is 0 Å². The largest absolute Gasteiger partial charge is 0.495 e. The first-order valence-corrected chi connectivity index (χ1v) is 5.42. The maximum absolute atomic E-state index is 6.01. The van der Waals surface area contributed by atoms with Crippen LogP contribution < -0.4 is 4.74 Å². The van der Waals surface area contributed by atoms with Crippen LogP contribution in [0.3, 0.4) is 0 Å². The second-order valence-electron chi connectivity index (χ2n) is 2.92. The van der Waals surface area contributed by atoms with E-state index in [1.54, 1.807) is 24.1 Å². The maximum Gasteiger partial charge on any atom is 0.137 e. The van der Waals surface area contributed by atoms with Crippen molar-refractivity contribution in [2.24, 2.45) is 0 Å². The average molecular weight is 288 g/mol. The highest BCUT2D eigenvalue weighted by atomic mass is 79.9. The number of aromatic nitrogens is 2. The molecule has 0 aliphatic heterocycles. The van der Waals surface area contributed by atoms with Gasteiger partial charge in [0, 0.05) is 6.20 Å². The molecule has 15 heavy (non-hydrogen) atoms. The van der Waals surface area contributed by atoms with Crippen molar-refractivity contribution in [3.63, 3.8) is 0 Å². The second-order valence-corrected chi connectivity index (χ2v) is 4.24. The molecule has 3 nitrogen and oxygen atoms in total. The smallest absolute Gasteiger partial charge is 0.137 e. The van der Waals surface area contributed by atoms with Crippen LogP contribution in [0.5, 0.6) is 5.75 Å². The third-order valence-electron chi connectivity index (χ3n) is 1.95. The third kappa shape index (κ3) is 2.16. The Labute approximate surface area is 101 Å². The van der Waals surface area contributed by atoms with Crippen molar-refractivity contribution in [1.82, 2.24) is 9.78 Å². The summed E-state index contributed by atoms with van der Waals surface area (Å²) in [5.41, 5.74) is 0.895. The van der Waals surface area contributed by atoms with E-state index in [0.717, 1.165) is 10.2 Å². The van der Waals surface area contributed by atoms with Crippen LogP contribution in [-0.4, -0.2) is 16.9 Å². The summed E-state index contributed by atoms with van der Waals surface area (Å²) in [6.07, 6.45) is 3.58. The zero-order chi connectivity index (χ0) is 10.8. The molecule has 1 heterocycles. The zero-order valence-corrected chi connectivity index (χ0v) is 10.3. The van der Waals surface area contributed by atoms with Gasteiger partial charge in [-0.2, -0.15) is 5.10 Å². The summed E-state index contributed by atoms with van der Waals surface area (Å²) >= 11 is 9.34. The molecule has 0 atom stereocenters. The molecule has 0 aliphatic rings. The van der Waals surface area contributed by atoms with Crippen molar-refractivity contribution in [3.05, 3.63) is 40.1 Å². The Hall–Kier alpha value is -1.00. The fraction of sp³-hybridized carbons (Fsp3) is 0.100. The number of methoxy groups -OCH3 is 1. The topological polar surface area (TPSA) is 27.1 Å². The van der Waals surface area contributed by atoms with Crippen molar-refractivity contribution >= 4 is 27.5 Å². The lowest BCUT2D eigenvalue weighted by atomic mass is 10.3. The van der Waals surface area contributed by atoms with Gasteiger partial charge in [-0.05, 0) is 34.1 Å². The monoisotopic (exact) mass is 286 g/mol. The van der Waals surface area contributed by atoms with Gasteiger partial charge in [-0.3, -0.25) is 0 Å². The minimum atomic E-state index is 0.571. The minimum Gasteiger partial charge on any atom is -0.495 e. The standard InChI is InChI=1S/C10H8BrClN2O/c1-15-10-3-2-8(4-9(10)12)14-6-7(11)5-13-14/h2-6H,1H3. The summed E-state index contributed by atoms with van der Waals surface area (Å²) in [5, 5.41) is 4.72. The molecule has 0 unspecified atom stereocenters. The lowest BCUT2D eigenvalue weighted by molar-refractivity contribution is 0.415. The van der Waals surface area contributed by atoms with Gasteiger partial charge in [0.25, 0.3) is 0 Å². The molecular weight excluding hydrogens is 279 g/mol. The number of rotatable bonds is 2. The van der Waals surface area contributed by atoms with E-state index in [4.69, 9.17) is 16.3 Å². The van der Waals surface area contributed by atoms with Gasteiger partial charge in [0.1, 0.15) is 5.75 Å². The molecule has 0 amide bonds. The van der Waals surface area contributed by atoms with E-state index < -0.39 is 0 Å². The molecule has 0 aliphatic carbocycles. The number of ether oxygens (including phenoxy) is 1. The summed E-state index contributed by atoms with van der Waals surface area (Å²) < 4.78 is 7.73. The Morgan fingerprint density at radius 2 is 2.27 bits per heavy atom. The van der Waals surface area contributed by atoms with E-state index in [0.29, 0.717) is 10.8 Å². The van der Waals surface area contributed by atoms with Crippen molar-refractivity contribution in [2.75, 3.05) is 7.11 Å². The van der Waals surface area contributed by atoms with Gasteiger partial charge in [-0.1, -0.05) is 11.6 Å². The van der Waals surface area contributed by atoms with E-state index in [1.807, 2.05) is 18.3 Å². The number of hydrogen-bond donors (Lipinski definition) is 0. The Morgan fingerprint density at radius 3 is 2.80 bits per heavy atom. The van der Waals surface area contributed by atoms with Gasteiger partial charge < -0.3 is 4.74 Å². The summed E-state index contributed by atoms with van der Waals surface area (Å²) in [6.45, 7) is 0. The molecule has 1 aromatic heterocycles. The van der Waals surface area contributed by atoms with Crippen molar-refractivity contribution in [2.45, 2.75) is 0 Å². The van der Waals surface area contributed by atoms with Gasteiger partial charge in [-0.25, -0.2) is 4.68 Å².